The molecule has 0 bridgehead atoms. The van der Waals surface area contributed by atoms with E-state index in [0.717, 1.165) is 32.4 Å². The molecule has 82 valence electrons. The highest BCUT2D eigenvalue weighted by Crippen LogP contribution is 2.14. The Morgan fingerprint density at radius 2 is 2.00 bits per heavy atom. The van der Waals surface area contributed by atoms with E-state index in [0.29, 0.717) is 18.7 Å². The molecule has 0 saturated carbocycles. The summed E-state index contributed by atoms with van der Waals surface area (Å²) in [4.78, 5) is 13.1. The van der Waals surface area contributed by atoms with Crippen LogP contribution in [0.2, 0.25) is 0 Å². The molecule has 2 nitrogen and oxygen atoms in total. The number of hydrogen-bond donors (Lipinski definition) is 0. The van der Waals surface area contributed by atoms with Gasteiger partial charge in [0.1, 0.15) is 0 Å². The number of hydrogen-bond acceptors (Lipinski definition) is 1. The maximum absolute atomic E-state index is 13.3. The second-order valence-corrected chi connectivity index (χ2v) is 4.06. The Balaban J connectivity index is 2.21. The zero-order valence-corrected chi connectivity index (χ0v) is 9.10. The lowest BCUT2D eigenvalue weighted by Crippen LogP contribution is -2.34. The molecule has 1 fully saturated rings. The van der Waals surface area contributed by atoms with E-state index in [1.54, 1.807) is 4.90 Å². The van der Waals surface area contributed by atoms with Gasteiger partial charge in [-0.15, -0.1) is 11.6 Å². The third-order valence-corrected chi connectivity index (χ3v) is 2.79. The second kappa shape index (κ2) is 6.23. The fraction of sp³-hybridized carbons (Fsp3) is 0.900. The van der Waals surface area contributed by atoms with Crippen molar-refractivity contribution in [1.82, 2.24) is 4.90 Å². The van der Waals surface area contributed by atoms with Crippen LogP contribution in [0.3, 0.4) is 0 Å². The van der Waals surface area contributed by atoms with E-state index in [1.807, 2.05) is 0 Å². The summed E-state index contributed by atoms with van der Waals surface area (Å²) in [5.74, 6) is 0.224. The van der Waals surface area contributed by atoms with Crippen molar-refractivity contribution in [1.29, 1.82) is 0 Å². The molecular formula is C10H17ClFNO. The highest BCUT2D eigenvalue weighted by Gasteiger charge is 2.25. The molecule has 0 radical (unpaired) electrons. The maximum Gasteiger partial charge on any atom is 0.257 e. The number of likely N-dealkylation sites (tertiary alicyclic amines) is 1. The zero-order chi connectivity index (χ0) is 10.4. The number of amides is 1. The number of nitrogens with zero attached hydrogens (tertiary/aromatic N) is 1. The fourth-order valence-corrected chi connectivity index (χ4v) is 1.87. The summed E-state index contributed by atoms with van der Waals surface area (Å²) in [5, 5.41) is 0. The van der Waals surface area contributed by atoms with Crippen LogP contribution >= 0.6 is 11.6 Å². The largest absolute Gasteiger partial charge is 0.340 e. The molecule has 1 aliphatic heterocycles. The Morgan fingerprint density at radius 3 is 2.57 bits per heavy atom. The molecule has 1 unspecified atom stereocenters. The van der Waals surface area contributed by atoms with Gasteiger partial charge in [-0.1, -0.05) is 0 Å². The summed E-state index contributed by atoms with van der Waals surface area (Å²) in [5.41, 5.74) is 0. The number of carbonyl (C=O) groups excluding carboxylic acids is 1. The SMILES string of the molecule is O=C(C(F)CCCCCl)N1CCCC1. The molecule has 0 aromatic heterocycles. The topological polar surface area (TPSA) is 20.3 Å². The minimum atomic E-state index is -1.31. The molecule has 14 heavy (non-hydrogen) atoms. The number of unbranched alkanes of at least 4 members (excludes halogenated alkanes) is 1. The van der Waals surface area contributed by atoms with Crippen molar-refractivity contribution in [2.45, 2.75) is 38.3 Å². The van der Waals surface area contributed by atoms with Crippen LogP contribution in [-0.2, 0) is 4.79 Å². The summed E-state index contributed by atoms with van der Waals surface area (Å²) in [6, 6.07) is 0. The summed E-state index contributed by atoms with van der Waals surface area (Å²) >= 11 is 5.47. The zero-order valence-electron chi connectivity index (χ0n) is 8.35. The van der Waals surface area contributed by atoms with Gasteiger partial charge in [-0.2, -0.15) is 0 Å². The molecular weight excluding hydrogens is 205 g/mol. The van der Waals surface area contributed by atoms with Gasteiger partial charge in [0.25, 0.3) is 5.91 Å². The first-order valence-corrected chi connectivity index (χ1v) is 5.78. The highest BCUT2D eigenvalue weighted by atomic mass is 35.5. The van der Waals surface area contributed by atoms with Gasteiger partial charge in [0.15, 0.2) is 6.17 Å². The quantitative estimate of drug-likeness (QED) is 0.516. The molecule has 1 aliphatic rings. The van der Waals surface area contributed by atoms with E-state index in [-0.39, 0.29) is 5.91 Å². The van der Waals surface area contributed by atoms with E-state index in [1.165, 1.54) is 0 Å². The smallest absolute Gasteiger partial charge is 0.257 e. The lowest BCUT2D eigenvalue weighted by atomic mass is 10.1. The fourth-order valence-electron chi connectivity index (χ4n) is 1.68. The van der Waals surface area contributed by atoms with Crippen molar-refractivity contribution in [2.75, 3.05) is 19.0 Å². The van der Waals surface area contributed by atoms with E-state index in [4.69, 9.17) is 11.6 Å². The van der Waals surface area contributed by atoms with Gasteiger partial charge in [0.2, 0.25) is 0 Å². The minimum absolute atomic E-state index is 0.321. The minimum Gasteiger partial charge on any atom is -0.340 e. The van der Waals surface area contributed by atoms with Gasteiger partial charge in [-0.25, -0.2) is 4.39 Å². The normalized spacial score (nSPS) is 18.6. The summed E-state index contributed by atoms with van der Waals surface area (Å²) in [6.07, 6.45) is 2.53. The molecule has 1 heterocycles. The van der Waals surface area contributed by atoms with Crippen LogP contribution in [0.1, 0.15) is 32.1 Å². The molecule has 1 rings (SSSR count). The van der Waals surface area contributed by atoms with Gasteiger partial charge in [0, 0.05) is 19.0 Å². The lowest BCUT2D eigenvalue weighted by molar-refractivity contribution is -0.135. The van der Waals surface area contributed by atoms with Gasteiger partial charge in [-0.3, -0.25) is 4.79 Å². The Kier molecular flexibility index (Phi) is 5.23. The van der Waals surface area contributed by atoms with Crippen molar-refractivity contribution in [3.63, 3.8) is 0 Å². The predicted octanol–water partition coefficient (Wildman–Crippen LogP) is 2.36. The number of alkyl halides is 2. The summed E-state index contributed by atoms with van der Waals surface area (Å²) in [6.45, 7) is 1.46. The van der Waals surface area contributed by atoms with Crippen LogP contribution in [-0.4, -0.2) is 35.9 Å². The number of halogens is 2. The van der Waals surface area contributed by atoms with Crippen LogP contribution in [0.4, 0.5) is 4.39 Å². The van der Waals surface area contributed by atoms with E-state index >= 15 is 0 Å². The molecule has 4 heteroatoms. The third kappa shape index (κ3) is 3.45. The van der Waals surface area contributed by atoms with Crippen molar-refractivity contribution in [2.24, 2.45) is 0 Å². The molecule has 0 spiro atoms. The van der Waals surface area contributed by atoms with Crippen molar-refractivity contribution >= 4 is 17.5 Å². The maximum atomic E-state index is 13.3. The van der Waals surface area contributed by atoms with E-state index in [2.05, 4.69) is 0 Å². The molecule has 1 saturated heterocycles. The van der Waals surface area contributed by atoms with Crippen molar-refractivity contribution in [3.8, 4) is 0 Å². The molecule has 0 aliphatic carbocycles. The van der Waals surface area contributed by atoms with E-state index < -0.39 is 6.17 Å². The molecule has 0 aromatic carbocycles. The second-order valence-electron chi connectivity index (χ2n) is 3.68. The Morgan fingerprint density at radius 1 is 1.36 bits per heavy atom. The third-order valence-electron chi connectivity index (χ3n) is 2.53. The van der Waals surface area contributed by atoms with E-state index in [9.17, 15) is 9.18 Å². The number of carbonyl (C=O) groups is 1. The van der Waals surface area contributed by atoms with Crippen LogP contribution < -0.4 is 0 Å². The van der Waals surface area contributed by atoms with Crippen molar-refractivity contribution < 1.29 is 9.18 Å². The lowest BCUT2D eigenvalue weighted by Gasteiger charge is -2.17. The van der Waals surface area contributed by atoms with Gasteiger partial charge in [-0.05, 0) is 32.1 Å². The van der Waals surface area contributed by atoms with Crippen LogP contribution in [0.25, 0.3) is 0 Å². The van der Waals surface area contributed by atoms with Crippen molar-refractivity contribution in [3.05, 3.63) is 0 Å². The monoisotopic (exact) mass is 221 g/mol. The Bertz CT molecular complexity index is 183. The first-order chi connectivity index (χ1) is 6.75. The highest BCUT2D eigenvalue weighted by molar-refractivity contribution is 6.17. The average molecular weight is 222 g/mol. The van der Waals surface area contributed by atoms with Gasteiger partial charge in [0.05, 0.1) is 0 Å². The molecule has 1 atom stereocenters. The average Bonchev–Trinajstić information content (AvgIpc) is 2.69. The van der Waals surface area contributed by atoms with Gasteiger partial charge >= 0.3 is 0 Å². The first-order valence-electron chi connectivity index (χ1n) is 5.24. The molecule has 0 N–H and O–H groups in total. The summed E-state index contributed by atoms with van der Waals surface area (Å²) < 4.78 is 13.3. The standard InChI is InChI=1S/C10H17ClFNO/c11-6-2-1-5-9(12)10(14)13-7-3-4-8-13/h9H,1-8H2. The summed E-state index contributed by atoms with van der Waals surface area (Å²) in [7, 11) is 0. The Hall–Kier alpha value is -0.310. The molecule has 0 aromatic rings. The van der Waals surface area contributed by atoms with Gasteiger partial charge < -0.3 is 4.90 Å². The molecule has 1 amide bonds. The van der Waals surface area contributed by atoms with Crippen LogP contribution in [0.5, 0.6) is 0 Å². The van der Waals surface area contributed by atoms with Crippen LogP contribution in [0, 0.1) is 0 Å². The number of rotatable bonds is 5. The van der Waals surface area contributed by atoms with Crippen LogP contribution in [0.15, 0.2) is 0 Å². The Labute approximate surface area is 89.4 Å². The first kappa shape index (κ1) is 11.8. The predicted molar refractivity (Wildman–Crippen MR) is 55.3 cm³/mol.